The topological polar surface area (TPSA) is 98.5 Å². The van der Waals surface area contributed by atoms with Gasteiger partial charge in [-0.1, -0.05) is 6.07 Å². The number of esters is 1. The van der Waals surface area contributed by atoms with Gasteiger partial charge in [0.05, 0.1) is 0 Å². The Morgan fingerprint density at radius 2 is 1.60 bits per heavy atom. The predicted octanol–water partition coefficient (Wildman–Crippen LogP) is 2.25. The van der Waals surface area contributed by atoms with Gasteiger partial charge >= 0.3 is 5.97 Å². The third-order valence-corrected chi connectivity index (χ3v) is 3.26. The Bertz CT molecular complexity index is 802. The number of carbonyl (C=O) groups is 3. The fourth-order valence-electron chi connectivity index (χ4n) is 1.93. The summed E-state index contributed by atoms with van der Waals surface area (Å²) in [5, 5.41) is 2.44. The predicted molar refractivity (Wildman–Crippen MR) is 84.8 cm³/mol. The van der Waals surface area contributed by atoms with E-state index in [1.54, 1.807) is 0 Å². The van der Waals surface area contributed by atoms with Crippen LogP contribution in [-0.4, -0.2) is 23.9 Å². The zero-order chi connectivity index (χ0) is 18.6. The van der Waals surface area contributed by atoms with E-state index in [4.69, 9.17) is 10.5 Å². The van der Waals surface area contributed by atoms with Gasteiger partial charge in [-0.15, -0.1) is 0 Å². The van der Waals surface area contributed by atoms with Gasteiger partial charge in [-0.25, -0.2) is 13.6 Å². The van der Waals surface area contributed by atoms with Crippen LogP contribution in [0.15, 0.2) is 42.5 Å². The minimum absolute atomic E-state index is 0.257. The van der Waals surface area contributed by atoms with E-state index in [2.05, 4.69) is 5.32 Å². The second-order valence-electron chi connectivity index (χ2n) is 5.08. The first kappa shape index (κ1) is 18.1. The summed E-state index contributed by atoms with van der Waals surface area (Å²) in [6.45, 7) is 1.25. The number of ether oxygens (including phenoxy) is 1. The normalized spacial score (nSPS) is 11.5. The molecule has 2 aromatic rings. The van der Waals surface area contributed by atoms with Gasteiger partial charge in [-0.3, -0.25) is 9.59 Å². The molecule has 8 heteroatoms. The van der Waals surface area contributed by atoms with E-state index >= 15 is 0 Å². The van der Waals surface area contributed by atoms with Crippen LogP contribution in [0.25, 0.3) is 0 Å². The summed E-state index contributed by atoms with van der Waals surface area (Å²) >= 11 is 0. The minimum Gasteiger partial charge on any atom is -0.449 e. The maximum Gasteiger partial charge on any atom is 0.344 e. The van der Waals surface area contributed by atoms with Gasteiger partial charge in [0.25, 0.3) is 5.91 Å². The lowest BCUT2D eigenvalue weighted by atomic mass is 10.2. The van der Waals surface area contributed by atoms with E-state index in [9.17, 15) is 23.2 Å². The van der Waals surface area contributed by atoms with Gasteiger partial charge in [-0.05, 0) is 43.3 Å². The highest BCUT2D eigenvalue weighted by atomic mass is 19.1. The molecule has 0 radical (unpaired) electrons. The third kappa shape index (κ3) is 4.37. The van der Waals surface area contributed by atoms with Crippen molar-refractivity contribution < 1.29 is 27.9 Å². The zero-order valence-corrected chi connectivity index (χ0v) is 13.1. The first-order valence-corrected chi connectivity index (χ1v) is 7.15. The summed E-state index contributed by atoms with van der Waals surface area (Å²) in [4.78, 5) is 34.8. The van der Waals surface area contributed by atoms with Crippen molar-refractivity contribution in [3.63, 3.8) is 0 Å². The number of nitrogens with two attached hydrogens (primary N) is 1. The van der Waals surface area contributed by atoms with Crippen LogP contribution in [0, 0.1) is 11.6 Å². The Morgan fingerprint density at radius 1 is 1.04 bits per heavy atom. The highest BCUT2D eigenvalue weighted by Crippen LogP contribution is 2.15. The number of anilines is 1. The molecule has 2 aromatic carbocycles. The maximum absolute atomic E-state index is 13.5. The number of nitrogens with one attached hydrogen (secondary N) is 1. The molecular weight excluding hydrogens is 334 g/mol. The second kappa shape index (κ2) is 7.52. The Balaban J connectivity index is 2.02. The van der Waals surface area contributed by atoms with E-state index < -0.39 is 41.1 Å². The molecule has 0 bridgehead atoms. The van der Waals surface area contributed by atoms with Crippen LogP contribution < -0.4 is 11.1 Å². The number of amides is 2. The molecule has 2 amide bonds. The van der Waals surface area contributed by atoms with E-state index in [0.717, 1.165) is 18.2 Å². The van der Waals surface area contributed by atoms with Gasteiger partial charge in [0.2, 0.25) is 5.91 Å². The summed E-state index contributed by atoms with van der Waals surface area (Å²) in [6.07, 6.45) is -1.30. The van der Waals surface area contributed by atoms with E-state index in [1.165, 1.54) is 31.2 Å². The number of halogens is 2. The molecule has 0 saturated heterocycles. The van der Waals surface area contributed by atoms with Gasteiger partial charge < -0.3 is 15.8 Å². The molecule has 0 spiro atoms. The van der Waals surface area contributed by atoms with Crippen molar-refractivity contribution in [1.82, 2.24) is 0 Å². The first-order valence-electron chi connectivity index (χ1n) is 7.15. The average Bonchev–Trinajstić information content (AvgIpc) is 2.55. The SMILES string of the molecule is C[C@@H](OC(=O)c1c(F)cccc1F)C(=O)Nc1ccc(C(N)=O)cc1. The van der Waals surface area contributed by atoms with E-state index in [1.807, 2.05) is 0 Å². The van der Waals surface area contributed by atoms with Crippen LogP contribution in [0.1, 0.15) is 27.6 Å². The Morgan fingerprint density at radius 3 is 2.12 bits per heavy atom. The monoisotopic (exact) mass is 348 g/mol. The molecule has 6 nitrogen and oxygen atoms in total. The fraction of sp³-hybridized carbons (Fsp3) is 0.118. The average molecular weight is 348 g/mol. The van der Waals surface area contributed by atoms with Crippen LogP contribution in [0.2, 0.25) is 0 Å². The standard InChI is InChI=1S/C17H14F2N2O4/c1-9(25-17(24)14-12(18)3-2-4-13(14)19)16(23)21-11-7-5-10(6-8-11)15(20)22/h2-9H,1H3,(H2,20,22)(H,21,23)/t9-/m1/s1. The molecule has 0 fully saturated rings. The molecule has 0 aliphatic heterocycles. The molecule has 0 heterocycles. The summed E-state index contributed by atoms with van der Waals surface area (Å²) in [6, 6.07) is 8.60. The molecule has 2 rings (SSSR count). The van der Waals surface area contributed by atoms with Gasteiger partial charge in [0.15, 0.2) is 6.10 Å². The van der Waals surface area contributed by atoms with Gasteiger partial charge in [-0.2, -0.15) is 0 Å². The molecule has 25 heavy (non-hydrogen) atoms. The summed E-state index contributed by atoms with van der Waals surface area (Å²) < 4.78 is 31.8. The summed E-state index contributed by atoms with van der Waals surface area (Å²) in [5.41, 5.74) is 4.82. The maximum atomic E-state index is 13.5. The van der Waals surface area contributed by atoms with Crippen molar-refractivity contribution in [2.45, 2.75) is 13.0 Å². The number of hydrogen-bond donors (Lipinski definition) is 2. The minimum atomic E-state index is -1.30. The van der Waals surface area contributed by atoms with Crippen molar-refractivity contribution in [2.24, 2.45) is 5.73 Å². The molecule has 3 N–H and O–H groups in total. The second-order valence-corrected chi connectivity index (χ2v) is 5.08. The van der Waals surface area contributed by atoms with Gasteiger partial charge in [0, 0.05) is 11.3 Å². The highest BCUT2D eigenvalue weighted by Gasteiger charge is 2.24. The van der Waals surface area contributed by atoms with Crippen LogP contribution >= 0.6 is 0 Å². The van der Waals surface area contributed by atoms with Crippen molar-refractivity contribution in [2.75, 3.05) is 5.32 Å². The smallest absolute Gasteiger partial charge is 0.344 e. The molecule has 1 atom stereocenters. The Hall–Kier alpha value is -3.29. The molecule has 0 unspecified atom stereocenters. The zero-order valence-electron chi connectivity index (χ0n) is 13.1. The highest BCUT2D eigenvalue weighted by molar-refractivity contribution is 5.98. The van der Waals surface area contributed by atoms with Crippen molar-refractivity contribution >= 4 is 23.5 Å². The summed E-state index contributed by atoms with van der Waals surface area (Å²) in [5.74, 6) is -4.79. The molecule has 0 aromatic heterocycles. The number of rotatable bonds is 5. The molecule has 130 valence electrons. The molecular formula is C17H14F2N2O4. The Kier molecular flexibility index (Phi) is 5.43. The Labute approximate surface area is 141 Å². The van der Waals surface area contributed by atoms with E-state index in [0.29, 0.717) is 5.69 Å². The van der Waals surface area contributed by atoms with Crippen LogP contribution in [0.3, 0.4) is 0 Å². The van der Waals surface area contributed by atoms with Crippen molar-refractivity contribution in [1.29, 1.82) is 0 Å². The molecule has 0 aliphatic rings. The number of hydrogen-bond acceptors (Lipinski definition) is 4. The molecule has 0 aliphatic carbocycles. The van der Waals surface area contributed by atoms with Crippen LogP contribution in [-0.2, 0) is 9.53 Å². The third-order valence-electron chi connectivity index (χ3n) is 3.26. The first-order chi connectivity index (χ1) is 11.8. The number of benzene rings is 2. The lowest BCUT2D eigenvalue weighted by Crippen LogP contribution is -2.30. The van der Waals surface area contributed by atoms with Crippen molar-refractivity contribution in [3.05, 3.63) is 65.2 Å². The van der Waals surface area contributed by atoms with Crippen LogP contribution in [0.5, 0.6) is 0 Å². The summed E-state index contributed by atoms with van der Waals surface area (Å²) in [7, 11) is 0. The quantitative estimate of drug-likeness (QED) is 0.810. The fourth-order valence-corrected chi connectivity index (χ4v) is 1.93. The lowest BCUT2D eigenvalue weighted by molar-refractivity contribution is -0.123. The van der Waals surface area contributed by atoms with Crippen molar-refractivity contribution in [3.8, 4) is 0 Å². The van der Waals surface area contributed by atoms with Crippen LogP contribution in [0.4, 0.5) is 14.5 Å². The lowest BCUT2D eigenvalue weighted by Gasteiger charge is -2.14. The largest absolute Gasteiger partial charge is 0.449 e. The number of carbonyl (C=O) groups excluding carboxylic acids is 3. The van der Waals surface area contributed by atoms with Gasteiger partial charge in [0.1, 0.15) is 17.2 Å². The van der Waals surface area contributed by atoms with E-state index in [-0.39, 0.29) is 5.56 Å². The molecule has 0 saturated carbocycles. The number of primary amides is 1.